The van der Waals surface area contributed by atoms with Crippen LogP contribution in [0, 0.1) is 12.8 Å². The van der Waals surface area contributed by atoms with Crippen molar-refractivity contribution in [1.29, 1.82) is 0 Å². The molecule has 0 amide bonds. The van der Waals surface area contributed by atoms with Crippen LogP contribution in [0.5, 0.6) is 0 Å². The molecule has 0 aromatic carbocycles. The summed E-state index contributed by atoms with van der Waals surface area (Å²) in [4.78, 5) is 15.3. The first-order valence-corrected chi connectivity index (χ1v) is 8.85. The molecule has 0 radical (unpaired) electrons. The molecule has 1 N–H and O–H groups in total. The van der Waals surface area contributed by atoms with E-state index in [2.05, 4.69) is 18.7 Å². The number of aryl methyl sites for hydroxylation is 1. The maximum absolute atomic E-state index is 11.1. The summed E-state index contributed by atoms with van der Waals surface area (Å²) >= 11 is 1.41. The Hall–Kier alpha value is -0.870. The highest BCUT2D eigenvalue weighted by atomic mass is 32.1. The minimum absolute atomic E-state index is 0.470. The van der Waals surface area contributed by atoms with E-state index in [0.717, 1.165) is 18.0 Å². The number of carboxylic acids is 1. The molecule has 4 heteroatoms. The smallest absolute Gasteiger partial charge is 0.345 e. The Labute approximate surface area is 132 Å². The Balaban J connectivity index is 2.07. The van der Waals surface area contributed by atoms with Gasteiger partial charge in [0.2, 0.25) is 0 Å². The van der Waals surface area contributed by atoms with Gasteiger partial charge in [-0.05, 0) is 50.3 Å². The van der Waals surface area contributed by atoms with Crippen molar-refractivity contribution in [3.8, 4) is 0 Å². The normalized spacial score (nSPS) is 16.2. The third-order valence-corrected chi connectivity index (χ3v) is 5.52. The predicted octanol–water partition coefficient (Wildman–Crippen LogP) is 4.55. The van der Waals surface area contributed by atoms with Crippen molar-refractivity contribution in [1.82, 2.24) is 4.90 Å². The second kappa shape index (κ2) is 7.41. The van der Waals surface area contributed by atoms with Crippen molar-refractivity contribution in [3.63, 3.8) is 0 Å². The third kappa shape index (κ3) is 4.55. The summed E-state index contributed by atoms with van der Waals surface area (Å²) in [5.41, 5.74) is 1.20. The van der Waals surface area contributed by atoms with Crippen LogP contribution in [0.3, 0.4) is 0 Å². The van der Waals surface area contributed by atoms with Gasteiger partial charge in [-0.1, -0.05) is 26.7 Å². The van der Waals surface area contributed by atoms with E-state index in [-0.39, 0.29) is 0 Å². The highest BCUT2D eigenvalue weighted by molar-refractivity contribution is 7.14. The molecule has 21 heavy (non-hydrogen) atoms. The van der Waals surface area contributed by atoms with Crippen molar-refractivity contribution < 1.29 is 9.90 Å². The van der Waals surface area contributed by atoms with E-state index in [1.807, 2.05) is 13.0 Å². The molecule has 2 rings (SSSR count). The molecule has 3 nitrogen and oxygen atoms in total. The van der Waals surface area contributed by atoms with Crippen LogP contribution in [0.2, 0.25) is 0 Å². The van der Waals surface area contributed by atoms with Crippen LogP contribution >= 0.6 is 11.3 Å². The summed E-state index contributed by atoms with van der Waals surface area (Å²) in [6.45, 7) is 8.62. The Kier molecular flexibility index (Phi) is 5.82. The molecule has 0 spiro atoms. The van der Waals surface area contributed by atoms with Crippen LogP contribution in [-0.4, -0.2) is 28.6 Å². The van der Waals surface area contributed by atoms with E-state index in [4.69, 9.17) is 5.11 Å². The van der Waals surface area contributed by atoms with Gasteiger partial charge in [0.25, 0.3) is 0 Å². The zero-order valence-corrected chi connectivity index (χ0v) is 14.2. The van der Waals surface area contributed by atoms with Crippen LogP contribution in [0.4, 0.5) is 0 Å². The fourth-order valence-electron chi connectivity index (χ4n) is 3.09. The van der Waals surface area contributed by atoms with Crippen molar-refractivity contribution >= 4 is 17.3 Å². The van der Waals surface area contributed by atoms with E-state index in [9.17, 15) is 4.79 Å². The van der Waals surface area contributed by atoms with Crippen LogP contribution in [0.15, 0.2) is 6.07 Å². The van der Waals surface area contributed by atoms with E-state index < -0.39 is 5.97 Å². The average Bonchev–Trinajstić information content (AvgIpc) is 3.04. The fraction of sp³-hybridized carbons (Fsp3) is 0.706. The Morgan fingerprint density at radius 3 is 2.62 bits per heavy atom. The van der Waals surface area contributed by atoms with Crippen molar-refractivity contribution in [2.45, 2.75) is 65.5 Å². The first-order chi connectivity index (χ1) is 9.97. The SMILES string of the molecule is Cc1sc(C(=O)O)cc1CN(CCC(C)C)C1CCCC1. The lowest BCUT2D eigenvalue weighted by atomic mass is 10.1. The van der Waals surface area contributed by atoms with Gasteiger partial charge in [0.15, 0.2) is 0 Å². The number of nitrogens with zero attached hydrogens (tertiary/aromatic N) is 1. The topological polar surface area (TPSA) is 40.5 Å². The summed E-state index contributed by atoms with van der Waals surface area (Å²) in [6, 6.07) is 2.57. The van der Waals surface area contributed by atoms with Gasteiger partial charge < -0.3 is 5.11 Å². The highest BCUT2D eigenvalue weighted by Gasteiger charge is 2.24. The minimum atomic E-state index is -0.802. The van der Waals surface area contributed by atoms with E-state index in [0.29, 0.717) is 16.8 Å². The number of carbonyl (C=O) groups is 1. The van der Waals surface area contributed by atoms with Crippen LogP contribution < -0.4 is 0 Å². The molecule has 1 saturated carbocycles. The summed E-state index contributed by atoms with van der Waals surface area (Å²) in [6.07, 6.45) is 6.49. The number of carboxylic acid groups (broad SMARTS) is 1. The van der Waals surface area contributed by atoms with Gasteiger partial charge in [-0.15, -0.1) is 11.3 Å². The van der Waals surface area contributed by atoms with Crippen LogP contribution in [0.25, 0.3) is 0 Å². The Morgan fingerprint density at radius 1 is 1.43 bits per heavy atom. The number of thiophene rings is 1. The van der Waals surface area contributed by atoms with Crippen molar-refractivity contribution in [2.75, 3.05) is 6.54 Å². The predicted molar refractivity (Wildman–Crippen MR) is 88.1 cm³/mol. The van der Waals surface area contributed by atoms with Crippen LogP contribution in [0.1, 0.15) is 66.1 Å². The summed E-state index contributed by atoms with van der Waals surface area (Å²) < 4.78 is 0. The maximum Gasteiger partial charge on any atom is 0.345 e. The molecule has 0 unspecified atom stereocenters. The second-order valence-corrected chi connectivity index (χ2v) is 7.84. The zero-order chi connectivity index (χ0) is 15.4. The van der Waals surface area contributed by atoms with Gasteiger partial charge in [-0.2, -0.15) is 0 Å². The third-order valence-electron chi connectivity index (χ3n) is 4.44. The number of aromatic carboxylic acids is 1. The largest absolute Gasteiger partial charge is 0.477 e. The molecular weight excluding hydrogens is 282 g/mol. The Bertz CT molecular complexity index is 475. The molecule has 1 aromatic rings. The van der Waals surface area contributed by atoms with Crippen LogP contribution in [-0.2, 0) is 6.54 Å². The lowest BCUT2D eigenvalue weighted by Gasteiger charge is -2.29. The van der Waals surface area contributed by atoms with Gasteiger partial charge in [0, 0.05) is 17.5 Å². The molecule has 118 valence electrons. The second-order valence-electron chi connectivity index (χ2n) is 6.59. The first-order valence-electron chi connectivity index (χ1n) is 8.04. The minimum Gasteiger partial charge on any atom is -0.477 e. The van der Waals surface area contributed by atoms with Gasteiger partial charge in [0.1, 0.15) is 4.88 Å². The maximum atomic E-state index is 11.1. The molecule has 1 aromatic heterocycles. The summed E-state index contributed by atoms with van der Waals surface area (Å²) in [5, 5.41) is 9.14. The summed E-state index contributed by atoms with van der Waals surface area (Å²) in [5.74, 6) is -0.0870. The Morgan fingerprint density at radius 2 is 2.10 bits per heavy atom. The molecular formula is C17H27NO2S. The molecule has 1 heterocycles. The quantitative estimate of drug-likeness (QED) is 0.803. The van der Waals surface area contributed by atoms with E-state index in [1.54, 1.807) is 0 Å². The lowest BCUT2D eigenvalue weighted by Crippen LogP contribution is -2.34. The summed E-state index contributed by atoms with van der Waals surface area (Å²) in [7, 11) is 0. The molecule has 1 aliphatic carbocycles. The molecule has 1 aliphatic rings. The van der Waals surface area contributed by atoms with Gasteiger partial charge in [0.05, 0.1) is 0 Å². The molecule has 1 fully saturated rings. The van der Waals surface area contributed by atoms with Crippen molar-refractivity contribution in [3.05, 3.63) is 21.4 Å². The zero-order valence-electron chi connectivity index (χ0n) is 13.4. The first kappa shape index (κ1) is 16.5. The van der Waals surface area contributed by atoms with E-state index >= 15 is 0 Å². The molecule has 0 saturated heterocycles. The van der Waals surface area contributed by atoms with Crippen molar-refractivity contribution in [2.24, 2.45) is 5.92 Å². The molecule has 0 bridgehead atoms. The number of hydrogen-bond donors (Lipinski definition) is 1. The average molecular weight is 309 g/mol. The fourth-order valence-corrected chi connectivity index (χ4v) is 3.96. The lowest BCUT2D eigenvalue weighted by molar-refractivity contribution is 0.0702. The van der Waals surface area contributed by atoms with Gasteiger partial charge >= 0.3 is 5.97 Å². The molecule has 0 aliphatic heterocycles. The number of rotatable bonds is 7. The van der Waals surface area contributed by atoms with E-state index in [1.165, 1.54) is 49.0 Å². The van der Waals surface area contributed by atoms with Gasteiger partial charge in [-0.25, -0.2) is 4.79 Å². The number of hydrogen-bond acceptors (Lipinski definition) is 3. The van der Waals surface area contributed by atoms with Gasteiger partial charge in [-0.3, -0.25) is 4.90 Å². The highest BCUT2D eigenvalue weighted by Crippen LogP contribution is 2.28. The standard InChI is InChI=1S/C17H27NO2S/c1-12(2)8-9-18(15-6-4-5-7-15)11-14-10-16(17(19)20)21-13(14)3/h10,12,15H,4-9,11H2,1-3H3,(H,19,20). The molecule has 0 atom stereocenters. The monoisotopic (exact) mass is 309 g/mol.